The molecule has 0 aliphatic rings. The fourth-order valence-corrected chi connectivity index (χ4v) is 1.69. The third-order valence-electron chi connectivity index (χ3n) is 2.73. The number of carbonyl (C=O) groups excluding carboxylic acids is 2. The molecule has 0 spiro atoms. The quantitative estimate of drug-likeness (QED) is 0.913. The smallest absolute Gasteiger partial charge is 0.411 e. The highest BCUT2D eigenvalue weighted by atomic mass is 19.1. The largest absolute Gasteiger partial charge is 0.453 e. The number of rotatable bonds is 3. The second kappa shape index (κ2) is 6.66. The third-order valence-corrected chi connectivity index (χ3v) is 2.73. The van der Waals surface area contributed by atoms with Crippen LogP contribution in [0.3, 0.4) is 0 Å². The van der Waals surface area contributed by atoms with E-state index in [2.05, 4.69) is 15.4 Å². The van der Waals surface area contributed by atoms with Crippen molar-refractivity contribution in [2.45, 2.75) is 0 Å². The predicted molar refractivity (Wildman–Crippen MR) is 76.8 cm³/mol. The number of benzene rings is 2. The van der Waals surface area contributed by atoms with E-state index < -0.39 is 23.6 Å². The summed E-state index contributed by atoms with van der Waals surface area (Å²) in [6, 6.07) is 8.75. The summed E-state index contributed by atoms with van der Waals surface area (Å²) in [5.74, 6) is -1.79. The van der Waals surface area contributed by atoms with Crippen molar-refractivity contribution in [2.75, 3.05) is 17.7 Å². The van der Waals surface area contributed by atoms with E-state index in [-0.39, 0.29) is 16.9 Å². The molecule has 114 valence electrons. The zero-order chi connectivity index (χ0) is 16.1. The number of nitrogens with one attached hydrogen (secondary N) is 2. The first-order valence-electron chi connectivity index (χ1n) is 6.21. The number of halogens is 2. The maximum absolute atomic E-state index is 13.5. The van der Waals surface area contributed by atoms with Crippen LogP contribution < -0.4 is 10.6 Å². The van der Waals surface area contributed by atoms with E-state index in [0.717, 1.165) is 19.2 Å². The maximum atomic E-state index is 13.5. The van der Waals surface area contributed by atoms with Gasteiger partial charge in [0.25, 0.3) is 5.91 Å². The molecule has 0 saturated carbocycles. The predicted octanol–water partition coefficient (Wildman–Crippen LogP) is 3.40. The summed E-state index contributed by atoms with van der Waals surface area (Å²) in [7, 11) is 1.14. The summed E-state index contributed by atoms with van der Waals surface area (Å²) in [6.07, 6.45) is -0.840. The van der Waals surface area contributed by atoms with Crippen LogP contribution in [-0.4, -0.2) is 19.1 Å². The van der Waals surface area contributed by atoms with Gasteiger partial charge in [-0.2, -0.15) is 0 Å². The van der Waals surface area contributed by atoms with Crippen LogP contribution in [0.1, 0.15) is 10.4 Å². The van der Waals surface area contributed by atoms with Gasteiger partial charge < -0.3 is 10.1 Å². The van der Waals surface area contributed by atoms with Crippen LogP contribution in [0.15, 0.2) is 42.5 Å². The molecule has 0 atom stereocenters. The Balaban J connectivity index is 2.17. The topological polar surface area (TPSA) is 67.4 Å². The minimum Gasteiger partial charge on any atom is -0.453 e. The summed E-state index contributed by atoms with van der Waals surface area (Å²) in [5.41, 5.74) is 0.206. The van der Waals surface area contributed by atoms with Gasteiger partial charge in [0.1, 0.15) is 11.6 Å². The Hall–Kier alpha value is -2.96. The van der Waals surface area contributed by atoms with Crippen molar-refractivity contribution >= 4 is 23.4 Å². The van der Waals surface area contributed by atoms with Gasteiger partial charge >= 0.3 is 6.09 Å². The van der Waals surface area contributed by atoms with Crippen molar-refractivity contribution in [3.63, 3.8) is 0 Å². The van der Waals surface area contributed by atoms with E-state index in [9.17, 15) is 18.4 Å². The highest BCUT2D eigenvalue weighted by Gasteiger charge is 2.11. The summed E-state index contributed by atoms with van der Waals surface area (Å²) >= 11 is 0. The Morgan fingerprint density at radius 3 is 2.50 bits per heavy atom. The molecule has 2 N–H and O–H groups in total. The number of hydrogen-bond donors (Lipinski definition) is 2. The number of amides is 2. The molecule has 0 aromatic heterocycles. The van der Waals surface area contributed by atoms with Gasteiger partial charge in [-0.1, -0.05) is 6.07 Å². The number of anilines is 2. The molecule has 2 aromatic rings. The number of carbonyl (C=O) groups is 2. The van der Waals surface area contributed by atoms with Crippen LogP contribution in [-0.2, 0) is 4.74 Å². The van der Waals surface area contributed by atoms with Crippen molar-refractivity contribution in [3.8, 4) is 0 Å². The van der Waals surface area contributed by atoms with Crippen LogP contribution in [0.2, 0.25) is 0 Å². The lowest BCUT2D eigenvalue weighted by Crippen LogP contribution is -2.14. The number of ether oxygens (including phenoxy) is 1. The van der Waals surface area contributed by atoms with Crippen LogP contribution >= 0.6 is 0 Å². The molecule has 2 rings (SSSR count). The van der Waals surface area contributed by atoms with Crippen LogP contribution in [0.25, 0.3) is 0 Å². The molecular formula is C15H12F2N2O3. The average molecular weight is 306 g/mol. The molecule has 0 heterocycles. The molecule has 0 aliphatic carbocycles. The van der Waals surface area contributed by atoms with Crippen molar-refractivity contribution in [1.29, 1.82) is 0 Å². The van der Waals surface area contributed by atoms with Crippen LogP contribution in [0.5, 0.6) is 0 Å². The first-order valence-corrected chi connectivity index (χ1v) is 6.21. The number of methoxy groups -OCH3 is 1. The van der Waals surface area contributed by atoms with Gasteiger partial charge in [-0.05, 0) is 36.4 Å². The van der Waals surface area contributed by atoms with Crippen molar-refractivity contribution < 1.29 is 23.1 Å². The fraction of sp³-hybridized carbons (Fsp3) is 0.0667. The van der Waals surface area contributed by atoms with Gasteiger partial charge in [0.2, 0.25) is 0 Å². The van der Waals surface area contributed by atoms with E-state index in [1.54, 1.807) is 0 Å². The Morgan fingerprint density at radius 2 is 1.82 bits per heavy atom. The van der Waals surface area contributed by atoms with Crippen LogP contribution in [0, 0.1) is 11.6 Å². The van der Waals surface area contributed by atoms with Crippen molar-refractivity contribution in [1.82, 2.24) is 0 Å². The van der Waals surface area contributed by atoms with Gasteiger partial charge in [0.05, 0.1) is 12.8 Å². The van der Waals surface area contributed by atoms with Crippen molar-refractivity contribution in [2.24, 2.45) is 0 Å². The molecule has 2 aromatic carbocycles. The third kappa shape index (κ3) is 3.78. The molecule has 2 amide bonds. The first-order chi connectivity index (χ1) is 10.5. The lowest BCUT2D eigenvalue weighted by atomic mass is 10.2. The van der Waals surface area contributed by atoms with Crippen LogP contribution in [0.4, 0.5) is 25.0 Å². The minimum absolute atomic E-state index is 0.117. The second-order valence-electron chi connectivity index (χ2n) is 4.28. The Labute approximate surface area is 124 Å². The highest BCUT2D eigenvalue weighted by molar-refractivity contribution is 6.04. The lowest BCUT2D eigenvalue weighted by Gasteiger charge is -2.09. The minimum atomic E-state index is -0.840. The van der Waals surface area contributed by atoms with Gasteiger partial charge in [0, 0.05) is 11.3 Å². The molecule has 7 heteroatoms. The molecule has 0 radical (unpaired) electrons. The molecule has 0 saturated heterocycles. The Bertz CT molecular complexity index is 720. The molecule has 5 nitrogen and oxygen atoms in total. The summed E-state index contributed by atoms with van der Waals surface area (Å²) in [5, 5.41) is 4.65. The molecule has 0 fully saturated rings. The number of hydrogen-bond acceptors (Lipinski definition) is 3. The summed E-state index contributed by atoms with van der Waals surface area (Å²) in [6.45, 7) is 0. The highest BCUT2D eigenvalue weighted by Crippen LogP contribution is 2.20. The second-order valence-corrected chi connectivity index (χ2v) is 4.28. The zero-order valence-electron chi connectivity index (χ0n) is 11.5. The normalized spacial score (nSPS) is 9.95. The van der Waals surface area contributed by atoms with E-state index in [1.165, 1.54) is 30.3 Å². The standard InChI is InChI=1S/C15H12F2N2O3/c1-22-15(21)19-13-8-11(5-6-12(13)17)18-14(20)9-3-2-4-10(16)7-9/h2-8H,1H3,(H,18,20)(H,19,21). The van der Waals surface area contributed by atoms with Gasteiger partial charge in [-0.3, -0.25) is 10.1 Å². The SMILES string of the molecule is COC(=O)Nc1cc(NC(=O)c2cccc(F)c2)ccc1F. The lowest BCUT2D eigenvalue weighted by molar-refractivity contribution is 0.102. The Kier molecular flexibility index (Phi) is 4.67. The fourth-order valence-electron chi connectivity index (χ4n) is 1.69. The van der Waals surface area contributed by atoms with Gasteiger partial charge in [-0.15, -0.1) is 0 Å². The molecule has 0 aliphatic heterocycles. The average Bonchev–Trinajstić information content (AvgIpc) is 2.50. The summed E-state index contributed by atoms with van der Waals surface area (Å²) in [4.78, 5) is 23.1. The molecule has 0 bridgehead atoms. The van der Waals surface area contributed by atoms with Gasteiger partial charge in [0.15, 0.2) is 0 Å². The Morgan fingerprint density at radius 1 is 1.05 bits per heavy atom. The van der Waals surface area contributed by atoms with E-state index >= 15 is 0 Å². The molecular weight excluding hydrogens is 294 g/mol. The molecule has 22 heavy (non-hydrogen) atoms. The first kappa shape index (κ1) is 15.4. The van der Waals surface area contributed by atoms with E-state index in [0.29, 0.717) is 0 Å². The van der Waals surface area contributed by atoms with Crippen molar-refractivity contribution in [3.05, 3.63) is 59.7 Å². The molecule has 0 unspecified atom stereocenters. The van der Waals surface area contributed by atoms with E-state index in [1.807, 2.05) is 0 Å². The summed E-state index contributed by atoms with van der Waals surface area (Å²) < 4.78 is 31.0. The zero-order valence-corrected chi connectivity index (χ0v) is 11.5. The monoisotopic (exact) mass is 306 g/mol. The van der Waals surface area contributed by atoms with Gasteiger partial charge in [-0.25, -0.2) is 13.6 Å². The maximum Gasteiger partial charge on any atom is 0.411 e. The van der Waals surface area contributed by atoms with E-state index in [4.69, 9.17) is 0 Å².